The number of aliphatic carboxylic acids is 1. The number of amides is 1. The predicted octanol–water partition coefficient (Wildman–Crippen LogP) is 1.38. The van der Waals surface area contributed by atoms with Crippen LogP contribution in [0.1, 0.15) is 25.8 Å². The van der Waals surface area contributed by atoms with Gasteiger partial charge in [0, 0.05) is 23.5 Å². The van der Waals surface area contributed by atoms with E-state index in [-0.39, 0.29) is 18.8 Å². The molecule has 0 saturated heterocycles. The van der Waals surface area contributed by atoms with E-state index in [9.17, 15) is 19.3 Å². The molecule has 0 aliphatic carbocycles. The maximum atomic E-state index is 12.5. The van der Waals surface area contributed by atoms with Crippen molar-refractivity contribution in [1.29, 1.82) is 0 Å². The van der Waals surface area contributed by atoms with E-state index in [2.05, 4.69) is 10.3 Å². The van der Waals surface area contributed by atoms with Crippen LogP contribution in [0.3, 0.4) is 0 Å². The molecule has 0 aliphatic heterocycles. The molecule has 0 fully saturated rings. The Hall–Kier alpha value is -2.19. The van der Waals surface area contributed by atoms with E-state index in [1.165, 1.54) is 0 Å². The number of carboxylic acid groups (broad SMARTS) is 1. The Morgan fingerprint density at radius 3 is 2.44 bits per heavy atom. The zero-order valence-corrected chi connectivity index (χ0v) is 15.9. The SMILES string of the molecule is CC(C)C[C@H](NP(=O)(O)O)C(=O)N[C@@H](Cc1c[nH]c2ccccc12)C(=O)O. The van der Waals surface area contributed by atoms with Crippen LogP contribution in [0.4, 0.5) is 0 Å². The van der Waals surface area contributed by atoms with Crippen molar-refractivity contribution in [1.82, 2.24) is 15.4 Å². The molecule has 1 amide bonds. The number of nitrogens with one attached hydrogen (secondary N) is 3. The molecule has 1 aromatic carbocycles. The highest BCUT2D eigenvalue weighted by Crippen LogP contribution is 2.30. The van der Waals surface area contributed by atoms with Crippen LogP contribution in [-0.4, -0.2) is 43.8 Å². The fraction of sp³-hybridized carbons (Fsp3) is 0.412. The van der Waals surface area contributed by atoms with Gasteiger partial charge in [0.2, 0.25) is 5.91 Å². The second-order valence-corrected chi connectivity index (χ2v) is 8.16. The number of rotatable bonds is 9. The van der Waals surface area contributed by atoms with Gasteiger partial charge < -0.3 is 25.2 Å². The van der Waals surface area contributed by atoms with Gasteiger partial charge in [-0.15, -0.1) is 0 Å². The van der Waals surface area contributed by atoms with Gasteiger partial charge in [0.15, 0.2) is 0 Å². The van der Waals surface area contributed by atoms with E-state index in [4.69, 9.17) is 9.79 Å². The van der Waals surface area contributed by atoms with Crippen molar-refractivity contribution in [3.8, 4) is 0 Å². The topological polar surface area (TPSA) is 152 Å². The summed E-state index contributed by atoms with van der Waals surface area (Å²) in [6.07, 6.45) is 1.87. The largest absolute Gasteiger partial charge is 0.480 e. The van der Waals surface area contributed by atoms with Crippen LogP contribution in [0.2, 0.25) is 0 Å². The van der Waals surface area contributed by atoms with Gasteiger partial charge in [-0.05, 0) is 24.0 Å². The van der Waals surface area contributed by atoms with Crippen LogP contribution in [-0.2, 0) is 20.6 Å². The number of para-hydroxylation sites is 1. The fourth-order valence-corrected chi connectivity index (χ4v) is 3.51. The van der Waals surface area contributed by atoms with E-state index >= 15 is 0 Å². The summed E-state index contributed by atoms with van der Waals surface area (Å²) in [5.41, 5.74) is 1.57. The Morgan fingerprint density at radius 2 is 1.85 bits per heavy atom. The predicted molar refractivity (Wildman–Crippen MR) is 100.0 cm³/mol. The highest BCUT2D eigenvalue weighted by atomic mass is 31.2. The third-order valence-electron chi connectivity index (χ3n) is 4.06. The van der Waals surface area contributed by atoms with E-state index in [0.29, 0.717) is 0 Å². The molecular weight excluding hydrogens is 373 g/mol. The van der Waals surface area contributed by atoms with Gasteiger partial charge >= 0.3 is 13.7 Å². The third-order valence-corrected chi connectivity index (χ3v) is 4.71. The summed E-state index contributed by atoms with van der Waals surface area (Å²) in [4.78, 5) is 45.4. The van der Waals surface area contributed by atoms with Gasteiger partial charge in [-0.25, -0.2) is 14.4 Å². The molecule has 9 nitrogen and oxygen atoms in total. The first-order chi connectivity index (χ1) is 12.6. The van der Waals surface area contributed by atoms with Crippen LogP contribution in [0.5, 0.6) is 0 Å². The number of aromatic nitrogens is 1. The van der Waals surface area contributed by atoms with Crippen LogP contribution >= 0.6 is 7.75 Å². The molecule has 1 aromatic heterocycles. The molecule has 0 spiro atoms. The maximum Gasteiger partial charge on any atom is 0.401 e. The van der Waals surface area contributed by atoms with Gasteiger partial charge in [-0.3, -0.25) is 4.79 Å². The Kier molecular flexibility index (Phi) is 6.78. The molecule has 27 heavy (non-hydrogen) atoms. The molecule has 0 saturated carbocycles. The van der Waals surface area contributed by atoms with Crippen molar-refractivity contribution < 1.29 is 29.0 Å². The van der Waals surface area contributed by atoms with E-state index in [1.54, 1.807) is 20.0 Å². The quantitative estimate of drug-likeness (QED) is 0.350. The highest BCUT2D eigenvalue weighted by molar-refractivity contribution is 7.49. The molecule has 2 atom stereocenters. The standard InChI is InChI=1S/C17H24N3O6P/c1-10(2)7-14(20-27(24,25)26)16(21)19-15(17(22)23)8-11-9-18-13-6-4-3-5-12(11)13/h3-6,9-10,14-15,18H,7-8H2,1-2H3,(H,19,21)(H,22,23)(H3,20,24,25,26)/t14-,15-/m0/s1. The lowest BCUT2D eigenvalue weighted by atomic mass is 10.0. The summed E-state index contributed by atoms with van der Waals surface area (Å²) < 4.78 is 11.2. The normalized spacial score (nSPS) is 14.3. The number of hydrogen-bond acceptors (Lipinski definition) is 3. The number of fused-ring (bicyclic) bond motifs is 1. The molecule has 10 heteroatoms. The van der Waals surface area contributed by atoms with Gasteiger partial charge in [-0.1, -0.05) is 32.0 Å². The summed E-state index contributed by atoms with van der Waals surface area (Å²) in [7, 11) is -4.65. The fourth-order valence-electron chi connectivity index (χ4n) is 2.89. The van der Waals surface area contributed by atoms with E-state index < -0.39 is 31.7 Å². The Morgan fingerprint density at radius 1 is 1.19 bits per heavy atom. The maximum absolute atomic E-state index is 12.5. The zero-order chi connectivity index (χ0) is 20.2. The Labute approximate surface area is 156 Å². The summed E-state index contributed by atoms with van der Waals surface area (Å²) in [5, 5.41) is 14.7. The second-order valence-electron chi connectivity index (χ2n) is 6.82. The van der Waals surface area contributed by atoms with Crippen molar-refractivity contribution >= 4 is 30.5 Å². The highest BCUT2D eigenvalue weighted by Gasteiger charge is 2.30. The molecule has 0 aliphatic rings. The third kappa shape index (κ3) is 6.18. The zero-order valence-electron chi connectivity index (χ0n) is 15.0. The molecule has 2 aromatic rings. The first kappa shape index (κ1) is 21.1. The minimum atomic E-state index is -4.65. The van der Waals surface area contributed by atoms with Crippen molar-refractivity contribution in [2.24, 2.45) is 5.92 Å². The minimum absolute atomic E-state index is 0.0308. The van der Waals surface area contributed by atoms with Crippen LogP contribution in [0.25, 0.3) is 10.9 Å². The second kappa shape index (κ2) is 8.67. The number of carbonyl (C=O) groups is 2. The van der Waals surface area contributed by atoms with Crippen molar-refractivity contribution in [2.45, 2.75) is 38.8 Å². The van der Waals surface area contributed by atoms with Gasteiger partial charge in [0.05, 0.1) is 6.04 Å². The first-order valence-corrected chi connectivity index (χ1v) is 10.1. The lowest BCUT2D eigenvalue weighted by Crippen LogP contribution is -2.50. The smallest absolute Gasteiger partial charge is 0.401 e. The number of H-pyrrole nitrogens is 1. The lowest BCUT2D eigenvalue weighted by molar-refractivity contribution is -0.142. The molecule has 1 heterocycles. The van der Waals surface area contributed by atoms with Crippen molar-refractivity contribution in [3.63, 3.8) is 0 Å². The Bertz CT molecular complexity index is 859. The number of aromatic amines is 1. The molecule has 0 unspecified atom stereocenters. The minimum Gasteiger partial charge on any atom is -0.480 e. The molecule has 0 bridgehead atoms. The number of hydrogen-bond donors (Lipinski definition) is 6. The number of carboxylic acids is 1. The van der Waals surface area contributed by atoms with Gasteiger partial charge in [0.1, 0.15) is 6.04 Å². The number of carbonyl (C=O) groups excluding carboxylic acids is 1. The average Bonchev–Trinajstić information content (AvgIpc) is 2.95. The summed E-state index contributed by atoms with van der Waals surface area (Å²) in [5.74, 6) is -2.02. The molecule has 6 N–H and O–H groups in total. The molecule has 0 radical (unpaired) electrons. The van der Waals surface area contributed by atoms with Gasteiger partial charge in [0.25, 0.3) is 0 Å². The van der Waals surface area contributed by atoms with E-state index in [0.717, 1.165) is 16.5 Å². The number of benzene rings is 1. The monoisotopic (exact) mass is 397 g/mol. The molecule has 2 rings (SSSR count). The van der Waals surface area contributed by atoms with Crippen molar-refractivity contribution in [3.05, 3.63) is 36.0 Å². The van der Waals surface area contributed by atoms with E-state index in [1.807, 2.05) is 29.4 Å². The average molecular weight is 397 g/mol. The molecular formula is C17H24N3O6P. The van der Waals surface area contributed by atoms with Crippen molar-refractivity contribution in [2.75, 3.05) is 0 Å². The summed E-state index contributed by atoms with van der Waals surface area (Å²) >= 11 is 0. The summed E-state index contributed by atoms with van der Waals surface area (Å²) in [6, 6.07) is 4.95. The molecule has 148 valence electrons. The summed E-state index contributed by atoms with van der Waals surface area (Å²) in [6.45, 7) is 3.59. The Balaban J connectivity index is 2.17. The lowest BCUT2D eigenvalue weighted by Gasteiger charge is -2.23. The van der Waals surface area contributed by atoms with Crippen LogP contribution in [0, 0.1) is 5.92 Å². The van der Waals surface area contributed by atoms with Gasteiger partial charge in [-0.2, -0.15) is 0 Å². The first-order valence-electron chi connectivity index (χ1n) is 8.48. The van der Waals surface area contributed by atoms with Crippen LogP contribution < -0.4 is 10.4 Å². The van der Waals surface area contributed by atoms with Crippen LogP contribution in [0.15, 0.2) is 30.5 Å².